The first-order chi connectivity index (χ1) is 14.9. The molecule has 0 aliphatic carbocycles. The van der Waals surface area contributed by atoms with E-state index in [0.717, 1.165) is 35.6 Å². The van der Waals surface area contributed by atoms with Gasteiger partial charge in [-0.1, -0.05) is 30.4 Å². The second-order valence-corrected chi connectivity index (χ2v) is 9.94. The minimum atomic E-state index is -4.91. The number of aromatic nitrogens is 1. The van der Waals surface area contributed by atoms with Gasteiger partial charge in [-0.25, -0.2) is 22.8 Å². The van der Waals surface area contributed by atoms with E-state index in [1.165, 1.54) is 31.5 Å². The molecule has 0 radical (unpaired) electrons. The molecular formula is C20H20F4N4O2S2. The van der Waals surface area contributed by atoms with E-state index in [9.17, 15) is 26.0 Å². The van der Waals surface area contributed by atoms with Crippen molar-refractivity contribution in [1.29, 1.82) is 0 Å². The van der Waals surface area contributed by atoms with E-state index < -0.39 is 34.6 Å². The Hall–Kier alpha value is -2.57. The maximum atomic E-state index is 14.0. The van der Waals surface area contributed by atoms with E-state index in [1.807, 2.05) is 0 Å². The number of alkyl halides is 3. The lowest BCUT2D eigenvalue weighted by atomic mass is 10.1. The van der Waals surface area contributed by atoms with E-state index in [1.54, 1.807) is 19.0 Å². The average Bonchev–Trinajstić information content (AvgIpc) is 3.12. The number of aliphatic imine (C=N–C) groups is 1. The van der Waals surface area contributed by atoms with Crippen LogP contribution in [0.4, 0.5) is 22.7 Å². The molecule has 1 aromatic heterocycles. The maximum Gasteiger partial charge on any atom is 0.409 e. The Morgan fingerprint density at radius 1 is 1.16 bits per heavy atom. The predicted octanol–water partition coefficient (Wildman–Crippen LogP) is 4.97. The molecule has 0 bridgehead atoms. The van der Waals surface area contributed by atoms with Crippen molar-refractivity contribution in [2.75, 3.05) is 20.6 Å². The van der Waals surface area contributed by atoms with Gasteiger partial charge in [-0.2, -0.15) is 17.5 Å². The van der Waals surface area contributed by atoms with Crippen LogP contribution in [-0.2, 0) is 10.0 Å². The fourth-order valence-electron chi connectivity index (χ4n) is 3.06. The van der Waals surface area contributed by atoms with Crippen molar-refractivity contribution < 1.29 is 26.0 Å². The zero-order valence-corrected chi connectivity index (χ0v) is 19.0. The molecule has 32 heavy (non-hydrogen) atoms. The number of hydrogen-bond donors (Lipinski definition) is 0. The van der Waals surface area contributed by atoms with Crippen LogP contribution in [0.15, 0.2) is 52.4 Å². The van der Waals surface area contributed by atoms with E-state index in [-0.39, 0.29) is 10.5 Å². The molecule has 172 valence electrons. The number of benzene rings is 2. The van der Waals surface area contributed by atoms with Crippen molar-refractivity contribution in [3.05, 3.63) is 53.8 Å². The highest BCUT2D eigenvalue weighted by Gasteiger charge is 2.48. The molecule has 0 saturated carbocycles. The van der Waals surface area contributed by atoms with Gasteiger partial charge in [0.15, 0.2) is 0 Å². The number of hydrogen-bond acceptors (Lipinski definition) is 5. The molecule has 1 heterocycles. The van der Waals surface area contributed by atoms with Crippen molar-refractivity contribution in [2.45, 2.75) is 24.0 Å². The highest BCUT2D eigenvalue weighted by molar-refractivity contribution is 7.89. The Bertz CT molecular complexity index is 1220. The summed E-state index contributed by atoms with van der Waals surface area (Å²) in [5, 5.41) is 0.384. The van der Waals surface area contributed by atoms with E-state index in [2.05, 4.69) is 9.98 Å². The third kappa shape index (κ3) is 5.08. The third-order valence-corrected chi connectivity index (χ3v) is 7.31. The van der Waals surface area contributed by atoms with Crippen LogP contribution in [0.5, 0.6) is 0 Å². The molecule has 0 amide bonds. The third-order valence-electron chi connectivity index (χ3n) is 4.45. The average molecular weight is 489 g/mol. The summed E-state index contributed by atoms with van der Waals surface area (Å²) in [7, 11) is -0.994. The Morgan fingerprint density at radius 3 is 2.38 bits per heavy atom. The largest absolute Gasteiger partial charge is 0.409 e. The van der Waals surface area contributed by atoms with Crippen LogP contribution in [0.3, 0.4) is 0 Å². The van der Waals surface area contributed by atoms with E-state index in [4.69, 9.17) is 0 Å². The van der Waals surface area contributed by atoms with Crippen molar-refractivity contribution in [2.24, 2.45) is 4.99 Å². The molecule has 0 aliphatic heterocycles. The van der Waals surface area contributed by atoms with Crippen LogP contribution >= 0.6 is 11.3 Å². The van der Waals surface area contributed by atoms with Gasteiger partial charge in [0.2, 0.25) is 15.2 Å². The molecule has 2 aromatic carbocycles. The molecule has 3 rings (SSSR count). The standard InChI is InChI=1S/C20H20F4N4O2S2/c1-4-28(18(20(22,23)24)13-5-7-14(21)8-6-13)32(29,30)15-9-10-16-17(11-15)31-19(26-16)25-12-27(2)3/h5-12,18H,4H2,1-3H3/t18-/m1/s1. The summed E-state index contributed by atoms with van der Waals surface area (Å²) < 4.78 is 82.5. The summed E-state index contributed by atoms with van der Waals surface area (Å²) in [6.07, 6.45) is -3.38. The second-order valence-electron chi connectivity index (χ2n) is 7.04. The molecule has 0 aliphatic rings. The van der Waals surface area contributed by atoms with Crippen molar-refractivity contribution in [3.8, 4) is 0 Å². The number of halogens is 4. The van der Waals surface area contributed by atoms with Gasteiger partial charge < -0.3 is 4.90 Å². The Balaban J connectivity index is 2.06. The minimum Gasteiger partial charge on any atom is -0.369 e. The Morgan fingerprint density at radius 2 is 1.81 bits per heavy atom. The van der Waals surface area contributed by atoms with Gasteiger partial charge in [-0.05, 0) is 35.9 Å². The fraction of sp³-hybridized carbons (Fsp3) is 0.300. The number of thiazole rings is 1. The van der Waals surface area contributed by atoms with Crippen molar-refractivity contribution >= 4 is 43.0 Å². The molecule has 0 saturated heterocycles. The first-order valence-corrected chi connectivity index (χ1v) is 11.6. The topological polar surface area (TPSA) is 65.9 Å². The van der Waals surface area contributed by atoms with E-state index in [0.29, 0.717) is 19.7 Å². The normalized spacial score (nSPS) is 13.9. The van der Waals surface area contributed by atoms with Crippen LogP contribution in [0.25, 0.3) is 10.2 Å². The highest BCUT2D eigenvalue weighted by Crippen LogP contribution is 2.41. The lowest BCUT2D eigenvalue weighted by Gasteiger charge is -2.31. The van der Waals surface area contributed by atoms with Crippen molar-refractivity contribution in [1.82, 2.24) is 14.2 Å². The quantitative estimate of drug-likeness (QED) is 0.268. The molecule has 0 unspecified atom stereocenters. The van der Waals surface area contributed by atoms with Crippen molar-refractivity contribution in [3.63, 3.8) is 0 Å². The smallest absolute Gasteiger partial charge is 0.369 e. The van der Waals surface area contributed by atoms with Crippen LogP contribution in [0.2, 0.25) is 0 Å². The van der Waals surface area contributed by atoms with E-state index >= 15 is 0 Å². The Kier molecular flexibility index (Phi) is 6.86. The zero-order chi connectivity index (χ0) is 23.7. The summed E-state index contributed by atoms with van der Waals surface area (Å²) in [6.45, 7) is 0.877. The zero-order valence-electron chi connectivity index (χ0n) is 17.3. The first-order valence-electron chi connectivity index (χ1n) is 9.38. The number of fused-ring (bicyclic) bond motifs is 1. The second kappa shape index (κ2) is 9.12. The SMILES string of the molecule is CCN([C@H](c1ccc(F)cc1)C(F)(F)F)S(=O)(=O)c1ccc2nc(N=CN(C)C)sc2c1. The highest BCUT2D eigenvalue weighted by atomic mass is 32.2. The summed E-state index contributed by atoms with van der Waals surface area (Å²) in [5.74, 6) is -0.719. The van der Waals surface area contributed by atoms with Gasteiger partial charge >= 0.3 is 6.18 Å². The van der Waals surface area contributed by atoms with Crippen LogP contribution in [0.1, 0.15) is 18.5 Å². The lowest BCUT2D eigenvalue weighted by Crippen LogP contribution is -2.42. The van der Waals surface area contributed by atoms with Gasteiger partial charge in [0, 0.05) is 20.6 Å². The molecule has 12 heteroatoms. The molecule has 3 aromatic rings. The monoisotopic (exact) mass is 488 g/mol. The van der Waals surface area contributed by atoms with Crippen LogP contribution in [0, 0.1) is 5.82 Å². The fourth-order valence-corrected chi connectivity index (χ4v) is 5.62. The maximum absolute atomic E-state index is 14.0. The van der Waals surface area contributed by atoms with Gasteiger partial charge in [-0.3, -0.25) is 0 Å². The summed E-state index contributed by atoms with van der Waals surface area (Å²) in [4.78, 5) is 9.84. The molecule has 0 fully saturated rings. The van der Waals surface area contributed by atoms with Crippen LogP contribution in [-0.4, -0.2) is 55.8 Å². The van der Waals surface area contributed by atoms with Gasteiger partial charge in [-0.15, -0.1) is 0 Å². The van der Waals surface area contributed by atoms with Crippen LogP contribution < -0.4 is 0 Å². The lowest BCUT2D eigenvalue weighted by molar-refractivity contribution is -0.173. The molecule has 0 spiro atoms. The molecule has 1 atom stereocenters. The summed E-state index contributed by atoms with van der Waals surface area (Å²) >= 11 is 1.12. The Labute approximate surface area is 186 Å². The molecule has 6 nitrogen and oxygen atoms in total. The summed E-state index contributed by atoms with van der Waals surface area (Å²) in [6, 6.07) is 5.09. The van der Waals surface area contributed by atoms with Gasteiger partial charge in [0.25, 0.3) is 0 Å². The number of nitrogens with zero attached hydrogens (tertiary/aromatic N) is 4. The first kappa shape index (κ1) is 24.1. The molecular weight excluding hydrogens is 468 g/mol. The number of rotatable bonds is 7. The minimum absolute atomic E-state index is 0.296. The number of sulfonamides is 1. The predicted molar refractivity (Wildman–Crippen MR) is 116 cm³/mol. The molecule has 0 N–H and O–H groups in total. The van der Waals surface area contributed by atoms with Gasteiger partial charge in [0.05, 0.1) is 21.5 Å². The summed E-state index contributed by atoms with van der Waals surface area (Å²) in [5.41, 5.74) is 0.109. The van der Waals surface area contributed by atoms with Gasteiger partial charge in [0.1, 0.15) is 11.9 Å².